The van der Waals surface area contributed by atoms with Crippen LogP contribution in [0.5, 0.6) is 0 Å². The van der Waals surface area contributed by atoms with Gasteiger partial charge in [0, 0.05) is 12.0 Å². The van der Waals surface area contributed by atoms with E-state index in [1.165, 1.54) is 5.56 Å². The zero-order chi connectivity index (χ0) is 13.6. The van der Waals surface area contributed by atoms with Gasteiger partial charge in [-0.1, -0.05) is 30.3 Å². The third-order valence-electron chi connectivity index (χ3n) is 2.59. The molecule has 0 spiro atoms. The Morgan fingerprint density at radius 2 is 1.83 bits per heavy atom. The van der Waals surface area contributed by atoms with Gasteiger partial charge in [0.25, 0.3) is 0 Å². The molecule has 0 radical (unpaired) electrons. The molecule has 1 N–H and O–H groups in total. The summed E-state index contributed by atoms with van der Waals surface area (Å²) >= 11 is 0. The van der Waals surface area contributed by atoms with Crippen LogP contribution < -0.4 is 0 Å². The van der Waals surface area contributed by atoms with E-state index < -0.39 is 10.4 Å². The van der Waals surface area contributed by atoms with Crippen molar-refractivity contribution in [2.75, 3.05) is 27.2 Å². The van der Waals surface area contributed by atoms with E-state index in [9.17, 15) is 8.42 Å². The van der Waals surface area contributed by atoms with Gasteiger partial charge in [-0.15, -0.1) is 0 Å². The highest BCUT2D eigenvalue weighted by molar-refractivity contribution is 7.80. The number of hydrogen-bond acceptors (Lipinski definition) is 3. The number of quaternary nitrogens is 1. The van der Waals surface area contributed by atoms with Crippen LogP contribution in [0.15, 0.2) is 30.3 Å². The molecule has 0 heterocycles. The molecule has 5 nitrogen and oxygen atoms in total. The van der Waals surface area contributed by atoms with Crippen LogP contribution in [0.1, 0.15) is 12.0 Å². The zero-order valence-electron chi connectivity index (χ0n) is 10.7. The lowest BCUT2D eigenvalue weighted by atomic mass is 10.2. The van der Waals surface area contributed by atoms with Gasteiger partial charge in [-0.05, 0) is 0 Å². The molecule has 0 unspecified atom stereocenters. The van der Waals surface area contributed by atoms with E-state index in [1.54, 1.807) is 0 Å². The van der Waals surface area contributed by atoms with Gasteiger partial charge in [0.2, 0.25) is 0 Å². The fourth-order valence-electron chi connectivity index (χ4n) is 1.81. The van der Waals surface area contributed by atoms with Crippen LogP contribution in [-0.4, -0.2) is 44.7 Å². The normalized spacial score (nSPS) is 12.6. The van der Waals surface area contributed by atoms with E-state index in [0.717, 1.165) is 17.6 Å². The van der Waals surface area contributed by atoms with Gasteiger partial charge >= 0.3 is 10.4 Å². The van der Waals surface area contributed by atoms with Crippen molar-refractivity contribution >= 4 is 10.4 Å². The SMILES string of the molecule is C[N+](C)(CCCOS(=O)(=O)O)Cc1ccccc1. The first-order valence-corrected chi connectivity index (χ1v) is 7.13. The number of hydrogen-bond donors (Lipinski definition) is 1. The highest BCUT2D eigenvalue weighted by Crippen LogP contribution is 2.09. The molecular weight excluding hydrogens is 254 g/mol. The van der Waals surface area contributed by atoms with Gasteiger partial charge in [0.15, 0.2) is 0 Å². The number of rotatable bonds is 7. The summed E-state index contributed by atoms with van der Waals surface area (Å²) in [5.41, 5.74) is 1.23. The van der Waals surface area contributed by atoms with Crippen molar-refractivity contribution in [2.24, 2.45) is 0 Å². The average molecular weight is 274 g/mol. The topological polar surface area (TPSA) is 63.6 Å². The largest absolute Gasteiger partial charge is 0.397 e. The van der Waals surface area contributed by atoms with Crippen molar-refractivity contribution in [3.8, 4) is 0 Å². The standard InChI is InChI=1S/C12H19NO4S/c1-13(2,9-6-10-17-18(14,15)16)11-12-7-4-3-5-8-12/h3-5,7-8H,6,9-11H2,1-2H3/p+1. The van der Waals surface area contributed by atoms with Crippen LogP contribution in [-0.2, 0) is 21.1 Å². The predicted octanol–water partition coefficient (Wildman–Crippen LogP) is 1.47. The lowest BCUT2D eigenvalue weighted by Gasteiger charge is -2.29. The summed E-state index contributed by atoms with van der Waals surface area (Å²) in [4.78, 5) is 0. The van der Waals surface area contributed by atoms with E-state index in [1.807, 2.05) is 18.2 Å². The molecule has 0 saturated heterocycles. The maximum absolute atomic E-state index is 10.4. The first-order valence-electron chi connectivity index (χ1n) is 5.76. The number of benzene rings is 1. The Labute approximate surface area is 109 Å². The minimum Gasteiger partial charge on any atom is -0.325 e. The molecule has 18 heavy (non-hydrogen) atoms. The van der Waals surface area contributed by atoms with Crippen molar-refractivity contribution in [3.63, 3.8) is 0 Å². The minimum atomic E-state index is -4.31. The lowest BCUT2D eigenvalue weighted by Crippen LogP contribution is -2.40. The summed E-state index contributed by atoms with van der Waals surface area (Å²) in [6, 6.07) is 10.1. The second-order valence-electron chi connectivity index (χ2n) is 4.91. The molecule has 0 atom stereocenters. The van der Waals surface area contributed by atoms with Gasteiger partial charge in [0.1, 0.15) is 6.54 Å². The minimum absolute atomic E-state index is 0.00923. The van der Waals surface area contributed by atoms with Crippen LogP contribution >= 0.6 is 0 Å². The molecule has 0 aromatic heterocycles. The van der Waals surface area contributed by atoms with E-state index >= 15 is 0 Å². The number of nitrogens with zero attached hydrogens (tertiary/aromatic N) is 1. The quantitative estimate of drug-likeness (QED) is 0.464. The highest BCUT2D eigenvalue weighted by atomic mass is 32.3. The predicted molar refractivity (Wildman–Crippen MR) is 69.2 cm³/mol. The average Bonchev–Trinajstić information content (AvgIpc) is 2.24. The van der Waals surface area contributed by atoms with Crippen molar-refractivity contribution in [1.29, 1.82) is 0 Å². The molecule has 0 fully saturated rings. The van der Waals surface area contributed by atoms with Crippen LogP contribution in [0.2, 0.25) is 0 Å². The summed E-state index contributed by atoms with van der Waals surface area (Å²) in [6.45, 7) is 1.65. The molecule has 0 aliphatic rings. The molecule has 1 rings (SSSR count). The molecule has 0 amide bonds. The van der Waals surface area contributed by atoms with E-state index in [-0.39, 0.29) is 6.61 Å². The summed E-state index contributed by atoms with van der Waals surface area (Å²) in [5.74, 6) is 0. The van der Waals surface area contributed by atoms with Crippen molar-refractivity contribution in [3.05, 3.63) is 35.9 Å². The van der Waals surface area contributed by atoms with E-state index in [2.05, 4.69) is 30.4 Å². The molecule has 0 aliphatic carbocycles. The van der Waals surface area contributed by atoms with Crippen LogP contribution in [0.3, 0.4) is 0 Å². The van der Waals surface area contributed by atoms with Crippen LogP contribution in [0.25, 0.3) is 0 Å². The van der Waals surface area contributed by atoms with Gasteiger partial charge in [0.05, 0.1) is 27.2 Å². The summed E-state index contributed by atoms with van der Waals surface area (Å²) in [7, 11) is -0.168. The monoisotopic (exact) mass is 274 g/mol. The van der Waals surface area contributed by atoms with Crippen LogP contribution in [0, 0.1) is 0 Å². The first kappa shape index (κ1) is 15.1. The Kier molecular flexibility index (Phi) is 5.28. The Morgan fingerprint density at radius 1 is 1.22 bits per heavy atom. The van der Waals surface area contributed by atoms with Crippen molar-refractivity contribution in [2.45, 2.75) is 13.0 Å². The Balaban J connectivity index is 2.36. The maximum Gasteiger partial charge on any atom is 0.397 e. The first-order chi connectivity index (χ1) is 8.29. The third kappa shape index (κ3) is 6.70. The van der Waals surface area contributed by atoms with E-state index in [4.69, 9.17) is 4.55 Å². The maximum atomic E-state index is 10.4. The molecule has 1 aromatic carbocycles. The van der Waals surface area contributed by atoms with Crippen molar-refractivity contribution < 1.29 is 21.6 Å². The summed E-state index contributed by atoms with van der Waals surface area (Å²) < 4.78 is 34.2. The Bertz CT molecular complexity index is 456. The van der Waals surface area contributed by atoms with Gasteiger partial charge in [-0.2, -0.15) is 8.42 Å². The highest BCUT2D eigenvalue weighted by Gasteiger charge is 2.16. The molecule has 0 saturated carbocycles. The van der Waals surface area contributed by atoms with Gasteiger partial charge < -0.3 is 4.48 Å². The molecular formula is C12H20NO4S+. The fourth-order valence-corrected chi connectivity index (χ4v) is 2.14. The molecule has 102 valence electrons. The van der Waals surface area contributed by atoms with Crippen molar-refractivity contribution in [1.82, 2.24) is 0 Å². The van der Waals surface area contributed by atoms with Gasteiger partial charge in [-0.3, -0.25) is 4.55 Å². The smallest absolute Gasteiger partial charge is 0.325 e. The zero-order valence-corrected chi connectivity index (χ0v) is 11.6. The lowest BCUT2D eigenvalue weighted by molar-refractivity contribution is -0.903. The second kappa shape index (κ2) is 6.29. The molecule has 1 aromatic rings. The Morgan fingerprint density at radius 3 is 2.39 bits per heavy atom. The molecule has 6 heteroatoms. The summed E-state index contributed by atoms with van der Waals surface area (Å²) in [5, 5.41) is 0. The molecule has 0 aliphatic heterocycles. The third-order valence-corrected chi connectivity index (χ3v) is 3.06. The van der Waals surface area contributed by atoms with Gasteiger partial charge in [-0.25, -0.2) is 4.18 Å². The molecule has 0 bridgehead atoms. The fraction of sp³-hybridized carbons (Fsp3) is 0.500. The van der Waals surface area contributed by atoms with Crippen LogP contribution in [0.4, 0.5) is 0 Å². The van der Waals surface area contributed by atoms with E-state index in [0.29, 0.717) is 6.42 Å². The second-order valence-corrected chi connectivity index (χ2v) is 6.00. The Hall–Kier alpha value is -0.950. The summed E-state index contributed by atoms with van der Waals surface area (Å²) in [6.07, 6.45) is 0.569.